The molecule has 1 aliphatic rings. The smallest absolute Gasteiger partial charge is 0.416 e. The number of halogens is 3. The molecule has 3 nitrogen and oxygen atoms in total. The highest BCUT2D eigenvalue weighted by Gasteiger charge is 2.32. The van der Waals surface area contributed by atoms with Crippen LogP contribution in [0.15, 0.2) is 48.5 Å². The summed E-state index contributed by atoms with van der Waals surface area (Å²) in [7, 11) is 3.83. The van der Waals surface area contributed by atoms with Gasteiger partial charge in [-0.1, -0.05) is 12.1 Å². The van der Waals surface area contributed by atoms with Crippen molar-refractivity contribution in [1.29, 1.82) is 0 Å². The Balaban J connectivity index is 2.04. The van der Waals surface area contributed by atoms with E-state index in [0.29, 0.717) is 22.6 Å². The molecule has 1 aliphatic heterocycles. The topological polar surface area (TPSA) is 21.7 Å². The molecule has 1 unspecified atom stereocenters. The Bertz CT molecular complexity index is 901. The van der Waals surface area contributed by atoms with Crippen LogP contribution >= 0.6 is 0 Å². The molecule has 0 bridgehead atoms. The van der Waals surface area contributed by atoms with E-state index >= 15 is 0 Å². The van der Waals surface area contributed by atoms with Crippen LogP contribution < -0.4 is 9.47 Å². The second-order valence-corrected chi connectivity index (χ2v) is 7.68. The third-order valence-corrected chi connectivity index (χ3v) is 4.64. The minimum atomic E-state index is -4.39. The zero-order valence-electron chi connectivity index (χ0n) is 16.6. The Kier molecular flexibility index (Phi) is 5.19. The van der Waals surface area contributed by atoms with E-state index in [4.69, 9.17) is 9.47 Å². The largest absolute Gasteiger partial charge is 0.483 e. The van der Waals surface area contributed by atoms with Crippen LogP contribution in [0.2, 0.25) is 0 Å². The molecule has 0 saturated carbocycles. The summed E-state index contributed by atoms with van der Waals surface area (Å²) in [6, 6.07) is 10.8. The van der Waals surface area contributed by atoms with Gasteiger partial charge in [0, 0.05) is 11.6 Å². The van der Waals surface area contributed by atoms with E-state index < -0.39 is 17.3 Å². The van der Waals surface area contributed by atoms with Gasteiger partial charge < -0.3 is 9.47 Å². The summed E-state index contributed by atoms with van der Waals surface area (Å²) in [5.41, 5.74) is 0.620. The molecule has 6 heteroatoms. The van der Waals surface area contributed by atoms with Crippen LogP contribution in [0.1, 0.15) is 37.5 Å². The monoisotopic (exact) mass is 391 g/mol. The number of nitrogens with zero attached hydrogens (tertiary/aromatic N) is 1. The second kappa shape index (κ2) is 7.17. The standard InChI is InChI=1S/C22H24F3NO2/c1-14(26(4)5)27-17-9-10-18-19(13-21(2,3)28-20(18)12-17)15-7-6-8-16(11-15)22(23,24)25/h6-14H,1-5H3. The first kappa shape index (κ1) is 20.3. The zero-order valence-corrected chi connectivity index (χ0v) is 16.6. The lowest BCUT2D eigenvalue weighted by atomic mass is 9.89. The first-order chi connectivity index (χ1) is 13.0. The van der Waals surface area contributed by atoms with Crippen LogP contribution in [0.4, 0.5) is 13.2 Å². The number of alkyl halides is 3. The molecule has 0 N–H and O–H groups in total. The van der Waals surface area contributed by atoms with Crippen LogP contribution in [-0.4, -0.2) is 30.8 Å². The fourth-order valence-electron chi connectivity index (χ4n) is 3.03. The van der Waals surface area contributed by atoms with Gasteiger partial charge in [0.15, 0.2) is 0 Å². The van der Waals surface area contributed by atoms with Gasteiger partial charge in [-0.3, -0.25) is 4.90 Å². The Morgan fingerprint density at radius 3 is 2.43 bits per heavy atom. The van der Waals surface area contributed by atoms with Crippen LogP contribution in [0.25, 0.3) is 5.57 Å². The molecule has 0 fully saturated rings. The molecule has 1 heterocycles. The number of ether oxygens (including phenoxy) is 2. The van der Waals surface area contributed by atoms with Crippen molar-refractivity contribution in [2.45, 2.75) is 38.8 Å². The van der Waals surface area contributed by atoms with E-state index in [9.17, 15) is 13.2 Å². The lowest BCUT2D eigenvalue weighted by molar-refractivity contribution is -0.137. The van der Waals surface area contributed by atoms with E-state index in [1.807, 2.05) is 58.0 Å². The summed E-state index contributed by atoms with van der Waals surface area (Å²) in [6.45, 7) is 5.68. The van der Waals surface area contributed by atoms with E-state index in [-0.39, 0.29) is 6.23 Å². The van der Waals surface area contributed by atoms with Crippen LogP contribution in [-0.2, 0) is 6.18 Å². The Hall–Kier alpha value is -2.47. The summed E-state index contributed by atoms with van der Waals surface area (Å²) in [6.07, 6.45) is -2.67. The highest BCUT2D eigenvalue weighted by atomic mass is 19.4. The third-order valence-electron chi connectivity index (χ3n) is 4.64. The molecular weight excluding hydrogens is 367 g/mol. The van der Waals surface area contributed by atoms with Crippen molar-refractivity contribution in [1.82, 2.24) is 4.90 Å². The third kappa shape index (κ3) is 4.33. The zero-order chi connectivity index (χ0) is 20.7. The van der Waals surface area contributed by atoms with Crippen molar-refractivity contribution in [3.05, 3.63) is 65.2 Å². The minimum absolute atomic E-state index is 0.131. The summed E-state index contributed by atoms with van der Waals surface area (Å²) in [4.78, 5) is 1.93. The van der Waals surface area contributed by atoms with E-state index in [2.05, 4.69) is 0 Å². The molecule has 150 valence electrons. The predicted octanol–water partition coefficient (Wildman–Crippen LogP) is 5.59. The first-order valence-corrected chi connectivity index (χ1v) is 9.03. The van der Waals surface area contributed by atoms with Crippen molar-refractivity contribution in [3.63, 3.8) is 0 Å². The molecule has 0 aliphatic carbocycles. The Labute approximate surface area is 163 Å². The van der Waals surface area contributed by atoms with Crippen molar-refractivity contribution < 1.29 is 22.6 Å². The number of rotatable bonds is 4. The lowest BCUT2D eigenvalue weighted by Gasteiger charge is -2.32. The molecular formula is C22H24F3NO2. The van der Waals surface area contributed by atoms with Crippen molar-refractivity contribution in [3.8, 4) is 11.5 Å². The highest BCUT2D eigenvalue weighted by molar-refractivity contribution is 5.85. The van der Waals surface area contributed by atoms with Gasteiger partial charge in [-0.2, -0.15) is 13.2 Å². The maximum atomic E-state index is 13.2. The minimum Gasteiger partial charge on any atom is -0.483 e. The molecule has 0 saturated heterocycles. The molecule has 2 aromatic rings. The van der Waals surface area contributed by atoms with Crippen LogP contribution in [0.5, 0.6) is 11.5 Å². The number of hydrogen-bond acceptors (Lipinski definition) is 3. The molecule has 0 amide bonds. The van der Waals surface area contributed by atoms with Gasteiger partial charge in [0.1, 0.15) is 23.3 Å². The number of benzene rings is 2. The lowest BCUT2D eigenvalue weighted by Crippen LogP contribution is -2.31. The van der Waals surface area contributed by atoms with Gasteiger partial charge in [0.25, 0.3) is 0 Å². The van der Waals surface area contributed by atoms with Gasteiger partial charge in [-0.05, 0) is 76.3 Å². The van der Waals surface area contributed by atoms with Crippen molar-refractivity contribution >= 4 is 5.57 Å². The maximum absolute atomic E-state index is 13.2. The molecule has 3 rings (SSSR count). The molecule has 2 aromatic carbocycles. The summed E-state index contributed by atoms with van der Waals surface area (Å²) < 4.78 is 51.4. The maximum Gasteiger partial charge on any atom is 0.416 e. The molecule has 0 radical (unpaired) electrons. The Morgan fingerprint density at radius 1 is 1.07 bits per heavy atom. The molecule has 0 spiro atoms. The van der Waals surface area contributed by atoms with Gasteiger partial charge in [0.2, 0.25) is 0 Å². The molecule has 1 atom stereocenters. The quantitative estimate of drug-likeness (QED) is 0.634. The normalized spacial score (nSPS) is 16.8. The second-order valence-electron chi connectivity index (χ2n) is 7.68. The molecule has 0 aromatic heterocycles. The van der Waals surface area contributed by atoms with E-state index in [1.54, 1.807) is 12.1 Å². The van der Waals surface area contributed by atoms with Gasteiger partial charge in [0.05, 0.1) is 5.56 Å². The average molecular weight is 391 g/mol. The predicted molar refractivity (Wildman–Crippen MR) is 103 cm³/mol. The fraction of sp³-hybridized carbons (Fsp3) is 0.364. The first-order valence-electron chi connectivity index (χ1n) is 9.03. The highest BCUT2D eigenvalue weighted by Crippen LogP contribution is 2.42. The number of hydrogen-bond donors (Lipinski definition) is 0. The van der Waals surface area contributed by atoms with E-state index in [0.717, 1.165) is 11.6 Å². The van der Waals surface area contributed by atoms with Crippen molar-refractivity contribution in [2.24, 2.45) is 0 Å². The summed E-state index contributed by atoms with van der Waals surface area (Å²) >= 11 is 0. The average Bonchev–Trinajstić information content (AvgIpc) is 2.59. The van der Waals surface area contributed by atoms with Gasteiger partial charge >= 0.3 is 6.18 Å². The van der Waals surface area contributed by atoms with Gasteiger partial charge in [-0.15, -0.1) is 0 Å². The van der Waals surface area contributed by atoms with Crippen LogP contribution in [0.3, 0.4) is 0 Å². The summed E-state index contributed by atoms with van der Waals surface area (Å²) in [5, 5.41) is 0. The number of fused-ring (bicyclic) bond motifs is 1. The molecule has 28 heavy (non-hydrogen) atoms. The fourth-order valence-corrected chi connectivity index (χ4v) is 3.03. The van der Waals surface area contributed by atoms with E-state index in [1.165, 1.54) is 12.1 Å². The van der Waals surface area contributed by atoms with Crippen molar-refractivity contribution in [2.75, 3.05) is 14.1 Å². The Morgan fingerprint density at radius 2 is 1.79 bits per heavy atom. The van der Waals surface area contributed by atoms with Crippen LogP contribution in [0, 0.1) is 0 Å². The summed E-state index contributed by atoms with van der Waals surface area (Å²) in [5.74, 6) is 1.23. The SMILES string of the molecule is CC(Oc1ccc2c(c1)OC(C)(C)C=C2c1cccc(C(F)(F)F)c1)N(C)C. The van der Waals surface area contributed by atoms with Gasteiger partial charge in [-0.25, -0.2) is 0 Å².